The molecule has 1 N–H and O–H groups in total. The lowest BCUT2D eigenvalue weighted by atomic mass is 10.1. The number of morpholine rings is 1. The Bertz CT molecular complexity index is 1210. The van der Waals surface area contributed by atoms with Crippen molar-refractivity contribution < 1.29 is 13.2 Å². The number of hydrogen-bond donors (Lipinski definition) is 1. The van der Waals surface area contributed by atoms with Crippen molar-refractivity contribution in [1.29, 1.82) is 0 Å². The van der Waals surface area contributed by atoms with E-state index < -0.39 is 10.0 Å². The van der Waals surface area contributed by atoms with Crippen LogP contribution in [0.5, 0.6) is 0 Å². The minimum atomic E-state index is -3.19. The molecule has 0 amide bonds. The van der Waals surface area contributed by atoms with Gasteiger partial charge in [-0.1, -0.05) is 0 Å². The van der Waals surface area contributed by atoms with Crippen LogP contribution in [0.25, 0.3) is 22.3 Å². The van der Waals surface area contributed by atoms with E-state index in [0.29, 0.717) is 39.4 Å². The van der Waals surface area contributed by atoms with E-state index in [1.807, 2.05) is 12.1 Å². The Hall–Kier alpha value is -2.76. The van der Waals surface area contributed by atoms with Crippen LogP contribution in [-0.4, -0.2) is 91.1 Å². The van der Waals surface area contributed by atoms with E-state index in [2.05, 4.69) is 38.0 Å². The number of pyridine rings is 2. The standard InChI is InChI=1S/C21H27N7O3S/c1-15-14-31-12-11-28(15)19-13-18(26-7-9-27(10-8-26)32(2,29)30)16-3-5-22-21(20(16)24-19)17-4-6-23-25-17/h3-6,13,15H,7-12,14H2,1-2H3,(H,23,25)/t15-/m1/s1. The van der Waals surface area contributed by atoms with Crippen LogP contribution in [0, 0.1) is 0 Å². The summed E-state index contributed by atoms with van der Waals surface area (Å²) in [5.74, 6) is 0.877. The fourth-order valence-electron chi connectivity index (χ4n) is 4.44. The highest BCUT2D eigenvalue weighted by atomic mass is 32.2. The first-order valence-electron chi connectivity index (χ1n) is 10.8. The zero-order valence-electron chi connectivity index (χ0n) is 18.2. The van der Waals surface area contributed by atoms with E-state index in [1.54, 1.807) is 12.4 Å². The number of nitrogens with zero attached hydrogens (tertiary/aromatic N) is 6. The van der Waals surface area contributed by atoms with E-state index in [4.69, 9.17) is 9.72 Å². The minimum Gasteiger partial charge on any atom is -0.377 e. The summed E-state index contributed by atoms with van der Waals surface area (Å²) in [7, 11) is -3.19. The number of rotatable bonds is 4. The number of aromatic nitrogens is 4. The van der Waals surface area contributed by atoms with Crippen molar-refractivity contribution in [2.75, 3.05) is 62.0 Å². The molecule has 0 radical (unpaired) electrons. The van der Waals surface area contributed by atoms with Gasteiger partial charge in [-0.2, -0.15) is 9.40 Å². The molecule has 32 heavy (non-hydrogen) atoms. The zero-order chi connectivity index (χ0) is 22.3. The minimum absolute atomic E-state index is 0.205. The van der Waals surface area contributed by atoms with Crippen LogP contribution in [0.1, 0.15) is 6.92 Å². The number of H-pyrrole nitrogens is 1. The largest absolute Gasteiger partial charge is 0.377 e. The van der Waals surface area contributed by atoms with Crippen molar-refractivity contribution in [3.8, 4) is 11.4 Å². The van der Waals surface area contributed by atoms with Gasteiger partial charge in [0.1, 0.15) is 17.0 Å². The number of sulfonamides is 1. The zero-order valence-corrected chi connectivity index (χ0v) is 19.0. The van der Waals surface area contributed by atoms with Gasteiger partial charge in [0.25, 0.3) is 0 Å². The summed E-state index contributed by atoms with van der Waals surface area (Å²) < 4.78 is 31.1. The molecule has 0 aliphatic carbocycles. The van der Waals surface area contributed by atoms with Crippen LogP contribution in [-0.2, 0) is 14.8 Å². The first kappa shape index (κ1) is 21.1. The van der Waals surface area contributed by atoms with Crippen LogP contribution in [0.15, 0.2) is 30.6 Å². The molecule has 0 saturated carbocycles. The second kappa shape index (κ2) is 8.30. The lowest BCUT2D eigenvalue weighted by Gasteiger charge is -2.37. The lowest BCUT2D eigenvalue weighted by Crippen LogP contribution is -2.48. The molecule has 5 heterocycles. The summed E-state index contributed by atoms with van der Waals surface area (Å²) in [6, 6.07) is 6.19. The lowest BCUT2D eigenvalue weighted by molar-refractivity contribution is 0.0986. The van der Waals surface area contributed by atoms with E-state index in [9.17, 15) is 8.42 Å². The molecule has 10 nitrogen and oxygen atoms in total. The maximum atomic E-state index is 12.0. The molecule has 0 bridgehead atoms. The molecule has 0 unspecified atom stereocenters. The van der Waals surface area contributed by atoms with Crippen LogP contribution in [0.2, 0.25) is 0 Å². The quantitative estimate of drug-likeness (QED) is 0.625. The number of anilines is 2. The smallest absolute Gasteiger partial charge is 0.211 e. The molecular weight excluding hydrogens is 430 g/mol. The van der Waals surface area contributed by atoms with Crippen molar-refractivity contribution >= 4 is 32.4 Å². The number of aromatic amines is 1. The third-order valence-corrected chi connectivity index (χ3v) is 7.46. The van der Waals surface area contributed by atoms with E-state index in [1.165, 1.54) is 10.6 Å². The van der Waals surface area contributed by atoms with Gasteiger partial charge in [0, 0.05) is 56.6 Å². The van der Waals surface area contributed by atoms with Crippen molar-refractivity contribution in [2.45, 2.75) is 13.0 Å². The van der Waals surface area contributed by atoms with Crippen molar-refractivity contribution in [1.82, 2.24) is 24.5 Å². The van der Waals surface area contributed by atoms with E-state index in [-0.39, 0.29) is 6.04 Å². The third kappa shape index (κ3) is 3.91. The van der Waals surface area contributed by atoms with E-state index >= 15 is 0 Å². The fraction of sp³-hybridized carbons (Fsp3) is 0.476. The average molecular weight is 458 g/mol. The Labute approximate surface area is 187 Å². The molecule has 11 heteroatoms. The maximum absolute atomic E-state index is 12.0. The third-order valence-electron chi connectivity index (χ3n) is 6.16. The van der Waals surface area contributed by atoms with Crippen molar-refractivity contribution in [3.63, 3.8) is 0 Å². The molecule has 0 aromatic carbocycles. The van der Waals surface area contributed by atoms with Gasteiger partial charge >= 0.3 is 0 Å². The summed E-state index contributed by atoms with van der Waals surface area (Å²) in [5, 5.41) is 8.07. The van der Waals surface area contributed by atoms with Gasteiger partial charge in [-0.05, 0) is 19.1 Å². The predicted octanol–water partition coefficient (Wildman–Crippen LogP) is 1.33. The van der Waals surface area contributed by atoms with Gasteiger partial charge in [-0.3, -0.25) is 10.1 Å². The average Bonchev–Trinajstić information content (AvgIpc) is 3.32. The summed E-state index contributed by atoms with van der Waals surface area (Å²) in [4.78, 5) is 14.2. The summed E-state index contributed by atoms with van der Waals surface area (Å²) >= 11 is 0. The van der Waals surface area contributed by atoms with E-state index in [0.717, 1.165) is 40.3 Å². The van der Waals surface area contributed by atoms with Crippen molar-refractivity contribution in [3.05, 3.63) is 30.6 Å². The highest BCUT2D eigenvalue weighted by Crippen LogP contribution is 2.35. The molecule has 0 spiro atoms. The van der Waals surface area contributed by atoms with Crippen LogP contribution >= 0.6 is 0 Å². The number of nitrogens with one attached hydrogen (secondary N) is 1. The highest BCUT2D eigenvalue weighted by Gasteiger charge is 2.27. The summed E-state index contributed by atoms with van der Waals surface area (Å²) in [6.07, 6.45) is 4.76. The van der Waals surface area contributed by atoms with Gasteiger partial charge in [-0.15, -0.1) is 0 Å². The predicted molar refractivity (Wildman–Crippen MR) is 123 cm³/mol. The Morgan fingerprint density at radius 3 is 2.62 bits per heavy atom. The van der Waals surface area contributed by atoms with Gasteiger partial charge < -0.3 is 14.5 Å². The van der Waals surface area contributed by atoms with Gasteiger partial charge in [0.05, 0.1) is 36.9 Å². The Kier molecular flexibility index (Phi) is 5.48. The Balaban J connectivity index is 1.62. The second-order valence-corrected chi connectivity index (χ2v) is 10.3. The monoisotopic (exact) mass is 457 g/mol. The molecule has 2 saturated heterocycles. The van der Waals surface area contributed by atoms with Gasteiger partial charge in [0.2, 0.25) is 10.0 Å². The van der Waals surface area contributed by atoms with Gasteiger partial charge in [-0.25, -0.2) is 13.4 Å². The molecule has 2 aliphatic rings. The fourth-order valence-corrected chi connectivity index (χ4v) is 5.27. The topological polar surface area (TPSA) is 108 Å². The number of ether oxygens (including phenoxy) is 1. The number of piperazine rings is 1. The second-order valence-electron chi connectivity index (χ2n) is 8.29. The number of hydrogen-bond acceptors (Lipinski definition) is 8. The molecule has 2 aliphatic heterocycles. The van der Waals surface area contributed by atoms with Crippen LogP contribution in [0.3, 0.4) is 0 Å². The molecule has 170 valence electrons. The summed E-state index contributed by atoms with van der Waals surface area (Å²) in [5.41, 5.74) is 3.40. The molecule has 2 fully saturated rings. The normalized spacial score (nSPS) is 20.8. The SMILES string of the molecule is C[C@@H]1COCCN1c1cc(N2CCN(S(C)(=O)=O)CC2)c2ccnc(-c3ccn[nH]3)c2n1. The molecule has 5 rings (SSSR count). The van der Waals surface area contributed by atoms with Gasteiger partial charge in [0.15, 0.2) is 0 Å². The van der Waals surface area contributed by atoms with Crippen LogP contribution < -0.4 is 9.80 Å². The molecule has 1 atom stereocenters. The first-order chi connectivity index (χ1) is 15.4. The Morgan fingerprint density at radius 1 is 1.12 bits per heavy atom. The van der Waals surface area contributed by atoms with Crippen molar-refractivity contribution in [2.24, 2.45) is 0 Å². The molecule has 3 aromatic rings. The first-order valence-corrected chi connectivity index (χ1v) is 12.6. The Morgan fingerprint density at radius 2 is 1.94 bits per heavy atom. The summed E-state index contributed by atoms with van der Waals surface area (Å²) in [6.45, 7) is 6.37. The van der Waals surface area contributed by atoms with Crippen LogP contribution in [0.4, 0.5) is 11.5 Å². The number of fused-ring (bicyclic) bond motifs is 1. The molecule has 3 aromatic heterocycles. The highest BCUT2D eigenvalue weighted by molar-refractivity contribution is 7.88. The maximum Gasteiger partial charge on any atom is 0.211 e. The molecular formula is C21H27N7O3S.